The minimum absolute atomic E-state index is 0.199. The van der Waals surface area contributed by atoms with Gasteiger partial charge in [-0.3, -0.25) is 24.5 Å². The maximum Gasteiger partial charge on any atom is 0.255 e. The molecular formula is C23H20N6O4. The maximum atomic E-state index is 12.8. The van der Waals surface area contributed by atoms with E-state index < -0.39 is 11.9 Å². The summed E-state index contributed by atoms with van der Waals surface area (Å²) in [7, 11) is 0. The maximum absolute atomic E-state index is 12.8. The Balaban J connectivity index is 1.28. The molecular weight excluding hydrogens is 424 g/mol. The van der Waals surface area contributed by atoms with E-state index in [1.54, 1.807) is 47.3 Å². The van der Waals surface area contributed by atoms with E-state index in [1.807, 2.05) is 12.1 Å². The van der Waals surface area contributed by atoms with E-state index in [4.69, 9.17) is 0 Å². The van der Waals surface area contributed by atoms with Gasteiger partial charge in [0.1, 0.15) is 11.7 Å². The first-order chi connectivity index (χ1) is 16.0. The average Bonchev–Trinajstić information content (AvgIpc) is 3.43. The fourth-order valence-electron chi connectivity index (χ4n) is 4.07. The highest BCUT2D eigenvalue weighted by Gasteiger charge is 2.39. The standard InChI is InChI=1S/C23H20N6O4/c30-20-9-8-19(22(32)25-20)28-12-15-10-17(6-7-18(15)23(28)33)29-13-16(26-27-29)11-24-21(31)14-4-2-1-3-5-14/h1-7,10,13,19H,8-9,11-12H2,(H,24,31)(H,25,30,32). The quantitative estimate of drug-likeness (QED) is 0.565. The number of imide groups is 1. The highest BCUT2D eigenvalue weighted by Crippen LogP contribution is 2.29. The first-order valence-corrected chi connectivity index (χ1v) is 10.5. The van der Waals surface area contributed by atoms with Gasteiger partial charge in [-0.2, -0.15) is 0 Å². The zero-order chi connectivity index (χ0) is 22.9. The van der Waals surface area contributed by atoms with Crippen LogP contribution in [0.2, 0.25) is 0 Å². The van der Waals surface area contributed by atoms with E-state index in [0.717, 1.165) is 5.56 Å². The molecule has 3 aromatic rings. The number of nitrogens with one attached hydrogen (secondary N) is 2. The molecule has 4 amide bonds. The van der Waals surface area contributed by atoms with Crippen molar-refractivity contribution in [2.24, 2.45) is 0 Å². The number of nitrogens with zero attached hydrogens (tertiary/aromatic N) is 4. The summed E-state index contributed by atoms with van der Waals surface area (Å²) in [5.74, 6) is -1.18. The highest BCUT2D eigenvalue weighted by atomic mass is 16.2. The van der Waals surface area contributed by atoms with Crippen LogP contribution >= 0.6 is 0 Å². The molecule has 2 aliphatic rings. The molecule has 2 aliphatic heterocycles. The first kappa shape index (κ1) is 20.6. The summed E-state index contributed by atoms with van der Waals surface area (Å²) >= 11 is 0. The lowest BCUT2D eigenvalue weighted by Gasteiger charge is -2.29. The van der Waals surface area contributed by atoms with Gasteiger partial charge in [0.15, 0.2) is 0 Å². The lowest BCUT2D eigenvalue weighted by atomic mass is 10.0. The van der Waals surface area contributed by atoms with E-state index in [-0.39, 0.29) is 37.2 Å². The minimum atomic E-state index is -0.655. The Labute approximate surface area is 188 Å². The summed E-state index contributed by atoms with van der Waals surface area (Å²) in [5.41, 5.74) is 3.16. The molecule has 33 heavy (non-hydrogen) atoms. The van der Waals surface area contributed by atoms with Gasteiger partial charge in [0.2, 0.25) is 11.8 Å². The zero-order valence-corrected chi connectivity index (χ0v) is 17.5. The van der Waals surface area contributed by atoms with Crippen LogP contribution in [0.15, 0.2) is 54.7 Å². The number of benzene rings is 2. The number of hydrogen-bond donors (Lipinski definition) is 2. The number of aromatic nitrogens is 3. The van der Waals surface area contributed by atoms with Crippen molar-refractivity contribution in [3.8, 4) is 5.69 Å². The smallest absolute Gasteiger partial charge is 0.255 e. The summed E-state index contributed by atoms with van der Waals surface area (Å²) in [6, 6.07) is 13.5. The predicted molar refractivity (Wildman–Crippen MR) is 115 cm³/mol. The first-order valence-electron chi connectivity index (χ1n) is 10.5. The zero-order valence-electron chi connectivity index (χ0n) is 17.5. The Morgan fingerprint density at radius 1 is 1.12 bits per heavy atom. The average molecular weight is 444 g/mol. The van der Waals surface area contributed by atoms with Crippen LogP contribution in [0.4, 0.5) is 0 Å². The molecule has 166 valence electrons. The van der Waals surface area contributed by atoms with Crippen molar-refractivity contribution in [3.05, 3.63) is 77.1 Å². The second-order valence-electron chi connectivity index (χ2n) is 7.94. The third-order valence-corrected chi connectivity index (χ3v) is 5.78. The van der Waals surface area contributed by atoms with Gasteiger partial charge in [-0.1, -0.05) is 23.4 Å². The van der Waals surface area contributed by atoms with Gasteiger partial charge in [0.05, 0.1) is 18.4 Å². The van der Waals surface area contributed by atoms with Gasteiger partial charge in [0, 0.05) is 24.1 Å². The molecule has 2 aromatic carbocycles. The summed E-state index contributed by atoms with van der Waals surface area (Å²) < 4.78 is 1.57. The topological polar surface area (TPSA) is 126 Å². The van der Waals surface area contributed by atoms with Crippen LogP contribution in [0.3, 0.4) is 0 Å². The van der Waals surface area contributed by atoms with Crippen LogP contribution in [0.25, 0.3) is 5.69 Å². The van der Waals surface area contributed by atoms with E-state index in [2.05, 4.69) is 20.9 Å². The van der Waals surface area contributed by atoms with Gasteiger partial charge < -0.3 is 10.2 Å². The summed E-state index contributed by atoms with van der Waals surface area (Å²) in [6.07, 6.45) is 2.24. The Kier molecular flexibility index (Phi) is 5.17. The number of piperidine rings is 1. The Hall–Kier alpha value is -4.34. The number of rotatable bonds is 5. The van der Waals surface area contributed by atoms with Crippen molar-refractivity contribution in [2.75, 3.05) is 0 Å². The second-order valence-corrected chi connectivity index (χ2v) is 7.94. The van der Waals surface area contributed by atoms with Gasteiger partial charge >= 0.3 is 0 Å². The fraction of sp³-hybridized carbons (Fsp3) is 0.217. The third-order valence-electron chi connectivity index (χ3n) is 5.78. The number of amides is 4. The molecule has 2 N–H and O–H groups in total. The molecule has 1 aromatic heterocycles. The van der Waals surface area contributed by atoms with Crippen LogP contribution in [0, 0.1) is 0 Å². The van der Waals surface area contributed by atoms with Gasteiger partial charge in [-0.05, 0) is 42.3 Å². The Morgan fingerprint density at radius 2 is 1.94 bits per heavy atom. The molecule has 5 rings (SSSR count). The predicted octanol–water partition coefficient (Wildman–Crippen LogP) is 0.958. The van der Waals surface area contributed by atoms with E-state index >= 15 is 0 Å². The van der Waals surface area contributed by atoms with Gasteiger partial charge in [-0.15, -0.1) is 5.10 Å². The molecule has 1 fully saturated rings. The summed E-state index contributed by atoms with van der Waals surface area (Å²) in [6.45, 7) is 0.503. The summed E-state index contributed by atoms with van der Waals surface area (Å²) in [4.78, 5) is 50.2. The lowest BCUT2D eigenvalue weighted by molar-refractivity contribution is -0.136. The van der Waals surface area contributed by atoms with Crippen LogP contribution in [0.5, 0.6) is 0 Å². The Bertz CT molecular complexity index is 1270. The molecule has 0 aliphatic carbocycles. The molecule has 1 unspecified atom stereocenters. The van der Waals surface area contributed by atoms with Crippen molar-refractivity contribution in [1.29, 1.82) is 0 Å². The largest absolute Gasteiger partial charge is 0.346 e. The van der Waals surface area contributed by atoms with E-state index in [0.29, 0.717) is 28.9 Å². The molecule has 1 atom stereocenters. The number of carbonyl (C=O) groups excluding carboxylic acids is 4. The molecule has 0 spiro atoms. The van der Waals surface area contributed by atoms with Gasteiger partial charge in [0.25, 0.3) is 11.8 Å². The van der Waals surface area contributed by atoms with Crippen LogP contribution in [0.1, 0.15) is 44.8 Å². The molecule has 0 bridgehead atoms. The number of hydrogen-bond acceptors (Lipinski definition) is 6. The van der Waals surface area contributed by atoms with E-state index in [1.165, 1.54) is 4.90 Å². The van der Waals surface area contributed by atoms with Crippen LogP contribution in [-0.2, 0) is 22.7 Å². The van der Waals surface area contributed by atoms with Crippen LogP contribution in [-0.4, -0.2) is 49.6 Å². The lowest BCUT2D eigenvalue weighted by Crippen LogP contribution is -2.52. The van der Waals surface area contributed by atoms with Crippen LogP contribution < -0.4 is 10.6 Å². The molecule has 10 nitrogen and oxygen atoms in total. The highest BCUT2D eigenvalue weighted by molar-refractivity contribution is 6.05. The molecule has 3 heterocycles. The van der Waals surface area contributed by atoms with Crippen molar-refractivity contribution >= 4 is 23.6 Å². The molecule has 0 radical (unpaired) electrons. The number of fused-ring (bicyclic) bond motifs is 1. The van der Waals surface area contributed by atoms with E-state index in [9.17, 15) is 19.2 Å². The van der Waals surface area contributed by atoms with Crippen molar-refractivity contribution in [1.82, 2.24) is 30.5 Å². The van der Waals surface area contributed by atoms with Crippen molar-refractivity contribution in [3.63, 3.8) is 0 Å². The summed E-state index contributed by atoms with van der Waals surface area (Å²) in [5, 5.41) is 13.3. The number of carbonyl (C=O) groups is 4. The monoisotopic (exact) mass is 444 g/mol. The second kappa shape index (κ2) is 8.30. The molecule has 10 heteroatoms. The molecule has 0 saturated carbocycles. The van der Waals surface area contributed by atoms with Crippen molar-refractivity contribution in [2.45, 2.75) is 32.0 Å². The molecule has 1 saturated heterocycles. The SMILES string of the molecule is O=C1CCC(N2Cc3cc(-n4cc(CNC(=O)c5ccccc5)nn4)ccc3C2=O)C(=O)N1. The van der Waals surface area contributed by atoms with Crippen molar-refractivity contribution < 1.29 is 19.2 Å². The van der Waals surface area contributed by atoms with Gasteiger partial charge in [-0.25, -0.2) is 4.68 Å². The normalized spacial score (nSPS) is 17.6. The minimum Gasteiger partial charge on any atom is -0.346 e. The third kappa shape index (κ3) is 3.98. The fourth-order valence-corrected chi connectivity index (χ4v) is 4.07. The Morgan fingerprint density at radius 3 is 2.73 bits per heavy atom.